The van der Waals surface area contributed by atoms with Gasteiger partial charge in [-0.1, -0.05) is 16.7 Å². The number of carbonyl (C=O) groups is 1. The van der Waals surface area contributed by atoms with E-state index >= 15 is 0 Å². The van der Waals surface area contributed by atoms with Gasteiger partial charge in [0.15, 0.2) is 0 Å². The molecule has 2 rings (SSSR count). The van der Waals surface area contributed by atoms with E-state index in [0.29, 0.717) is 6.07 Å². The third kappa shape index (κ3) is 3.11. The second-order valence-corrected chi connectivity index (χ2v) is 5.86. The molecule has 0 aliphatic carbocycles. The minimum Gasteiger partial charge on any atom is -0.478 e. The predicted octanol–water partition coefficient (Wildman–Crippen LogP) is 1.67. The van der Waals surface area contributed by atoms with Crippen LogP contribution in [-0.2, 0) is 10.0 Å². The van der Waals surface area contributed by atoms with E-state index in [2.05, 4.69) is 10.2 Å². The van der Waals surface area contributed by atoms with Gasteiger partial charge in [-0.15, -0.1) is 5.10 Å². The Morgan fingerprint density at radius 3 is 2.62 bits per heavy atom. The van der Waals surface area contributed by atoms with Crippen LogP contribution in [0.2, 0.25) is 5.02 Å². The summed E-state index contributed by atoms with van der Waals surface area (Å²) in [6.07, 6.45) is 0. The van der Waals surface area contributed by atoms with Crippen molar-refractivity contribution in [2.24, 2.45) is 0 Å². The lowest BCUT2D eigenvalue weighted by atomic mass is 10.2. The third-order valence-electron chi connectivity index (χ3n) is 2.29. The molecule has 1 heterocycles. The maximum absolute atomic E-state index is 13.5. The maximum Gasteiger partial charge on any atom is 0.337 e. The van der Waals surface area contributed by atoms with E-state index < -0.39 is 43.3 Å². The molecule has 0 amide bonds. The van der Waals surface area contributed by atoms with Gasteiger partial charge in [0.2, 0.25) is 5.89 Å². The quantitative estimate of drug-likeness (QED) is 0.871. The van der Waals surface area contributed by atoms with Gasteiger partial charge in [0.25, 0.3) is 10.0 Å². The summed E-state index contributed by atoms with van der Waals surface area (Å²) < 4.78 is 44.3. The van der Waals surface area contributed by atoms with Crippen molar-refractivity contribution in [2.75, 3.05) is 4.72 Å². The van der Waals surface area contributed by atoms with Crippen LogP contribution in [0, 0.1) is 12.7 Å². The number of aromatic nitrogens is 2. The van der Waals surface area contributed by atoms with Crippen molar-refractivity contribution in [1.29, 1.82) is 0 Å². The van der Waals surface area contributed by atoms with Gasteiger partial charge < -0.3 is 9.52 Å². The SMILES string of the molecule is Cc1nnc(NS(=O)(=O)c2cc(F)c(Cl)c(C(=O)O)c2)o1. The highest BCUT2D eigenvalue weighted by Gasteiger charge is 2.23. The van der Waals surface area contributed by atoms with E-state index in [1.165, 1.54) is 6.92 Å². The molecule has 0 saturated carbocycles. The fourth-order valence-electron chi connectivity index (χ4n) is 1.39. The Kier molecular flexibility index (Phi) is 3.83. The van der Waals surface area contributed by atoms with Gasteiger partial charge in [-0.3, -0.25) is 0 Å². The second-order valence-electron chi connectivity index (χ2n) is 3.80. The number of nitrogens with one attached hydrogen (secondary N) is 1. The first-order chi connectivity index (χ1) is 9.70. The van der Waals surface area contributed by atoms with Crippen molar-refractivity contribution in [2.45, 2.75) is 11.8 Å². The number of halogens is 2. The minimum absolute atomic E-state index is 0.112. The smallest absolute Gasteiger partial charge is 0.337 e. The van der Waals surface area contributed by atoms with Crippen LogP contribution >= 0.6 is 11.6 Å². The molecular weight excluding hydrogens is 329 g/mol. The highest BCUT2D eigenvalue weighted by Crippen LogP contribution is 2.25. The van der Waals surface area contributed by atoms with Crippen LogP contribution in [0.25, 0.3) is 0 Å². The first kappa shape index (κ1) is 15.2. The summed E-state index contributed by atoms with van der Waals surface area (Å²) in [7, 11) is -4.30. The molecule has 0 unspecified atom stereocenters. The largest absolute Gasteiger partial charge is 0.478 e. The number of sulfonamides is 1. The molecule has 0 bridgehead atoms. The molecule has 0 spiro atoms. The Bertz CT molecular complexity index is 820. The zero-order valence-corrected chi connectivity index (χ0v) is 11.9. The Morgan fingerprint density at radius 2 is 2.10 bits per heavy atom. The molecule has 0 saturated heterocycles. The lowest BCUT2D eigenvalue weighted by molar-refractivity contribution is 0.0696. The molecule has 21 heavy (non-hydrogen) atoms. The number of rotatable bonds is 4. The summed E-state index contributed by atoms with van der Waals surface area (Å²) in [5.74, 6) is -2.63. The van der Waals surface area contributed by atoms with Gasteiger partial charge in [-0.2, -0.15) is 0 Å². The average Bonchev–Trinajstić information content (AvgIpc) is 2.76. The van der Waals surface area contributed by atoms with Crippen molar-refractivity contribution in [1.82, 2.24) is 10.2 Å². The van der Waals surface area contributed by atoms with Gasteiger partial charge in [0.1, 0.15) is 5.82 Å². The van der Waals surface area contributed by atoms with Crippen LogP contribution in [0.15, 0.2) is 21.4 Å². The molecule has 0 aliphatic rings. The van der Waals surface area contributed by atoms with Crippen molar-refractivity contribution in [3.05, 3.63) is 34.4 Å². The molecule has 0 fully saturated rings. The van der Waals surface area contributed by atoms with Crippen LogP contribution in [0.4, 0.5) is 10.4 Å². The number of anilines is 1. The molecule has 112 valence electrons. The predicted molar refractivity (Wildman–Crippen MR) is 68.2 cm³/mol. The van der Waals surface area contributed by atoms with Crippen LogP contribution in [-0.4, -0.2) is 29.7 Å². The molecule has 0 aliphatic heterocycles. The normalized spacial score (nSPS) is 11.4. The van der Waals surface area contributed by atoms with Crippen molar-refractivity contribution in [3.63, 3.8) is 0 Å². The Hall–Kier alpha value is -2.20. The van der Waals surface area contributed by atoms with Gasteiger partial charge in [0, 0.05) is 6.92 Å². The first-order valence-corrected chi connectivity index (χ1v) is 7.12. The van der Waals surface area contributed by atoms with Crippen molar-refractivity contribution in [3.8, 4) is 0 Å². The number of carboxylic acid groups (broad SMARTS) is 1. The molecule has 1 aromatic carbocycles. The molecule has 0 radical (unpaired) electrons. The van der Waals surface area contributed by atoms with Crippen LogP contribution in [0.3, 0.4) is 0 Å². The number of nitrogens with zero attached hydrogens (tertiary/aromatic N) is 2. The highest BCUT2D eigenvalue weighted by atomic mass is 35.5. The number of carboxylic acids is 1. The van der Waals surface area contributed by atoms with Gasteiger partial charge in [-0.25, -0.2) is 22.3 Å². The number of aryl methyl sites for hydroxylation is 1. The fraction of sp³-hybridized carbons (Fsp3) is 0.100. The molecule has 2 aromatic rings. The Balaban J connectivity index is 2.47. The van der Waals surface area contributed by atoms with E-state index in [-0.39, 0.29) is 5.89 Å². The molecule has 1 aromatic heterocycles. The first-order valence-electron chi connectivity index (χ1n) is 5.26. The van der Waals surface area contributed by atoms with Crippen LogP contribution < -0.4 is 4.72 Å². The number of benzene rings is 1. The summed E-state index contributed by atoms with van der Waals surface area (Å²) in [5.41, 5.74) is -0.682. The van der Waals surface area contributed by atoms with E-state index in [9.17, 15) is 17.6 Å². The zero-order valence-electron chi connectivity index (χ0n) is 10.3. The van der Waals surface area contributed by atoms with Gasteiger partial charge >= 0.3 is 12.0 Å². The second kappa shape index (κ2) is 5.30. The fourth-order valence-corrected chi connectivity index (χ4v) is 2.54. The molecule has 2 N–H and O–H groups in total. The van der Waals surface area contributed by atoms with E-state index in [0.717, 1.165) is 6.07 Å². The third-order valence-corrected chi connectivity index (χ3v) is 3.97. The zero-order chi connectivity index (χ0) is 15.8. The minimum atomic E-state index is -4.30. The lowest BCUT2D eigenvalue weighted by Crippen LogP contribution is -2.15. The molecule has 0 atom stereocenters. The summed E-state index contributed by atoms with van der Waals surface area (Å²) in [6.45, 7) is 1.44. The maximum atomic E-state index is 13.5. The summed E-state index contributed by atoms with van der Waals surface area (Å²) in [6, 6.07) is 0.874. The van der Waals surface area contributed by atoms with Gasteiger partial charge in [-0.05, 0) is 12.1 Å². The number of hydrogen-bond donors (Lipinski definition) is 2. The number of aromatic carboxylic acids is 1. The topological polar surface area (TPSA) is 122 Å². The lowest BCUT2D eigenvalue weighted by Gasteiger charge is -2.07. The highest BCUT2D eigenvalue weighted by molar-refractivity contribution is 7.92. The van der Waals surface area contributed by atoms with E-state index in [4.69, 9.17) is 21.1 Å². The van der Waals surface area contributed by atoms with E-state index in [1.807, 2.05) is 4.72 Å². The van der Waals surface area contributed by atoms with Crippen molar-refractivity contribution < 1.29 is 27.1 Å². The Labute approximate surface area is 122 Å². The summed E-state index contributed by atoms with van der Waals surface area (Å²) in [5, 5.41) is 15.0. The molecule has 8 nitrogen and oxygen atoms in total. The average molecular weight is 336 g/mol. The van der Waals surface area contributed by atoms with E-state index in [1.54, 1.807) is 0 Å². The molecular formula is C10H7ClFN3O5S. The molecule has 11 heteroatoms. The monoisotopic (exact) mass is 335 g/mol. The standard InChI is InChI=1S/C10H7ClFN3O5S/c1-4-13-14-10(20-4)15-21(18,19)5-2-6(9(16)17)8(11)7(12)3-5/h2-3H,1H3,(H,14,15)(H,16,17). The summed E-state index contributed by atoms with van der Waals surface area (Å²) >= 11 is 5.46. The van der Waals surface area contributed by atoms with Crippen molar-refractivity contribution >= 4 is 33.6 Å². The van der Waals surface area contributed by atoms with Gasteiger partial charge in [0.05, 0.1) is 15.5 Å². The van der Waals surface area contributed by atoms with Crippen LogP contribution in [0.1, 0.15) is 16.2 Å². The Morgan fingerprint density at radius 1 is 1.43 bits per heavy atom. The number of hydrogen-bond acceptors (Lipinski definition) is 6. The van der Waals surface area contributed by atoms with Crippen LogP contribution in [0.5, 0.6) is 0 Å². The summed E-state index contributed by atoms with van der Waals surface area (Å²) in [4.78, 5) is 10.3.